The molecule has 0 bridgehead atoms. The zero-order valence-electron chi connectivity index (χ0n) is 19.7. The van der Waals surface area contributed by atoms with Gasteiger partial charge in [-0.15, -0.1) is 0 Å². The van der Waals surface area contributed by atoms with Crippen molar-refractivity contribution in [1.82, 2.24) is 0 Å². The molecule has 0 spiro atoms. The summed E-state index contributed by atoms with van der Waals surface area (Å²) in [5, 5.41) is -0.0655. The number of halogens is 5. The smallest absolute Gasteiger partial charge is 0.453 e. The number of carbonyl (C=O) groups is 1. The van der Waals surface area contributed by atoms with Crippen molar-refractivity contribution >= 4 is 28.5 Å². The number of hydrogen-bond acceptors (Lipinski definition) is 6. The van der Waals surface area contributed by atoms with Crippen LogP contribution >= 0.6 is 11.6 Å². The van der Waals surface area contributed by atoms with Crippen molar-refractivity contribution in [1.29, 1.82) is 0 Å². The second kappa shape index (κ2) is 11.1. The molecule has 11 heteroatoms. The van der Waals surface area contributed by atoms with Gasteiger partial charge in [0.2, 0.25) is 11.2 Å². The molecule has 0 amide bonds. The van der Waals surface area contributed by atoms with Gasteiger partial charge in [0.05, 0.1) is 22.6 Å². The fraction of sp³-hybridized carbons (Fsp3) is 0.185. The van der Waals surface area contributed by atoms with Crippen molar-refractivity contribution in [2.24, 2.45) is 0 Å². The van der Waals surface area contributed by atoms with E-state index in [1.165, 1.54) is 48.5 Å². The molecular formula is C27H19ClF4O6. The minimum atomic E-state index is -5.06. The lowest BCUT2D eigenvalue weighted by Crippen LogP contribution is -2.15. The van der Waals surface area contributed by atoms with E-state index < -0.39 is 34.9 Å². The van der Waals surface area contributed by atoms with Crippen LogP contribution in [-0.4, -0.2) is 12.6 Å². The number of fused-ring (bicyclic) bond motifs is 1. The second-order valence-corrected chi connectivity index (χ2v) is 8.44. The maximum Gasteiger partial charge on any atom is 0.453 e. The van der Waals surface area contributed by atoms with Crippen LogP contribution in [0.25, 0.3) is 11.0 Å². The Bertz CT molecular complexity index is 1530. The molecule has 0 fully saturated rings. The summed E-state index contributed by atoms with van der Waals surface area (Å²) in [6.45, 7) is 1.94. The molecule has 0 saturated heterocycles. The molecule has 0 aliphatic carbocycles. The summed E-state index contributed by atoms with van der Waals surface area (Å²) in [4.78, 5) is 24.9. The normalized spacial score (nSPS) is 11.4. The summed E-state index contributed by atoms with van der Waals surface area (Å²) in [6, 6.07) is 12.5. The third-order valence-electron chi connectivity index (χ3n) is 5.24. The Labute approximate surface area is 218 Å². The van der Waals surface area contributed by atoms with E-state index in [1.807, 2.05) is 6.92 Å². The minimum Gasteiger partial charge on any atom is -0.489 e. The topological polar surface area (TPSA) is 75.0 Å². The molecule has 4 aromatic rings. The van der Waals surface area contributed by atoms with Crippen LogP contribution in [0.2, 0.25) is 5.02 Å². The highest BCUT2D eigenvalue weighted by molar-refractivity contribution is 6.31. The van der Waals surface area contributed by atoms with Gasteiger partial charge in [-0.25, -0.2) is 9.18 Å². The first kappa shape index (κ1) is 27.0. The molecule has 198 valence electrons. The molecule has 0 aliphatic heterocycles. The van der Waals surface area contributed by atoms with Crippen LogP contribution in [0.3, 0.4) is 0 Å². The Morgan fingerprint density at radius 3 is 2.37 bits per heavy atom. The molecule has 0 N–H and O–H groups in total. The predicted octanol–water partition coefficient (Wildman–Crippen LogP) is 7.54. The molecule has 0 radical (unpaired) electrons. The lowest BCUT2D eigenvalue weighted by molar-refractivity contribution is -0.154. The molecule has 6 nitrogen and oxygen atoms in total. The van der Waals surface area contributed by atoms with Gasteiger partial charge in [0.25, 0.3) is 5.76 Å². The van der Waals surface area contributed by atoms with Crippen LogP contribution in [0, 0.1) is 5.82 Å². The summed E-state index contributed by atoms with van der Waals surface area (Å²) in [6.07, 6.45) is -4.44. The van der Waals surface area contributed by atoms with Crippen molar-refractivity contribution in [2.75, 3.05) is 6.61 Å². The Balaban J connectivity index is 1.63. The van der Waals surface area contributed by atoms with E-state index in [-0.39, 0.29) is 46.3 Å². The Morgan fingerprint density at radius 2 is 1.71 bits per heavy atom. The van der Waals surface area contributed by atoms with Gasteiger partial charge in [0.1, 0.15) is 29.5 Å². The number of esters is 1. The fourth-order valence-electron chi connectivity index (χ4n) is 3.38. The Morgan fingerprint density at radius 1 is 1.00 bits per heavy atom. The number of benzene rings is 3. The molecule has 0 aliphatic rings. The first-order valence-corrected chi connectivity index (χ1v) is 11.6. The van der Waals surface area contributed by atoms with Gasteiger partial charge < -0.3 is 18.6 Å². The van der Waals surface area contributed by atoms with E-state index >= 15 is 0 Å². The van der Waals surface area contributed by atoms with Gasteiger partial charge in [-0.1, -0.05) is 24.6 Å². The maximum absolute atomic E-state index is 13.8. The van der Waals surface area contributed by atoms with Gasteiger partial charge in [0.15, 0.2) is 0 Å². The van der Waals surface area contributed by atoms with Crippen LogP contribution in [0.5, 0.6) is 17.2 Å². The van der Waals surface area contributed by atoms with Gasteiger partial charge in [-0.05, 0) is 55.0 Å². The number of ether oxygens (including phenoxy) is 3. The quantitative estimate of drug-likeness (QED) is 0.167. The van der Waals surface area contributed by atoms with Crippen LogP contribution in [0.15, 0.2) is 69.9 Å². The largest absolute Gasteiger partial charge is 0.489 e. The summed E-state index contributed by atoms with van der Waals surface area (Å²) in [5.41, 5.74) is -0.828. The van der Waals surface area contributed by atoms with E-state index in [0.717, 1.165) is 12.1 Å². The zero-order valence-corrected chi connectivity index (χ0v) is 20.5. The predicted molar refractivity (Wildman–Crippen MR) is 130 cm³/mol. The van der Waals surface area contributed by atoms with Crippen LogP contribution in [-0.2, 0) is 17.5 Å². The number of hydrogen-bond donors (Lipinski definition) is 0. The van der Waals surface area contributed by atoms with Gasteiger partial charge in [0, 0.05) is 11.6 Å². The summed E-state index contributed by atoms with van der Waals surface area (Å²) < 4.78 is 75.7. The van der Waals surface area contributed by atoms with Gasteiger partial charge in [-0.2, -0.15) is 13.2 Å². The summed E-state index contributed by atoms with van der Waals surface area (Å²) >= 11 is 5.97. The molecule has 1 heterocycles. The molecule has 1 aromatic heterocycles. The first-order valence-electron chi connectivity index (χ1n) is 11.3. The lowest BCUT2D eigenvalue weighted by Gasteiger charge is -2.14. The van der Waals surface area contributed by atoms with Crippen LogP contribution < -0.4 is 14.9 Å². The highest BCUT2D eigenvalue weighted by Crippen LogP contribution is 2.38. The van der Waals surface area contributed by atoms with E-state index in [1.54, 1.807) is 0 Å². The fourth-order valence-corrected chi connectivity index (χ4v) is 3.60. The number of alkyl halides is 3. The van der Waals surface area contributed by atoms with E-state index in [4.69, 9.17) is 30.2 Å². The molecule has 0 atom stereocenters. The third kappa shape index (κ3) is 6.08. The highest BCUT2D eigenvalue weighted by Gasteiger charge is 2.40. The SMILES string of the molecule is CCCOC(=O)c1ccc(Oc2c(C(F)(F)F)oc3cc(OCc4ccc(F)cc4Cl)ccc3c2=O)cc1. The molecular weight excluding hydrogens is 532 g/mol. The molecule has 0 unspecified atom stereocenters. The van der Waals surface area contributed by atoms with E-state index in [9.17, 15) is 27.2 Å². The highest BCUT2D eigenvalue weighted by atomic mass is 35.5. The molecule has 0 saturated carbocycles. The number of carbonyl (C=O) groups excluding carboxylic acids is 1. The average Bonchev–Trinajstić information content (AvgIpc) is 2.88. The zero-order chi connectivity index (χ0) is 27.4. The maximum atomic E-state index is 13.8. The third-order valence-corrected chi connectivity index (χ3v) is 5.59. The first-order chi connectivity index (χ1) is 18.1. The monoisotopic (exact) mass is 550 g/mol. The van der Waals surface area contributed by atoms with Crippen LogP contribution in [0.4, 0.5) is 17.6 Å². The molecule has 3 aromatic carbocycles. The van der Waals surface area contributed by atoms with Crippen molar-refractivity contribution in [2.45, 2.75) is 26.1 Å². The second-order valence-electron chi connectivity index (χ2n) is 8.03. The van der Waals surface area contributed by atoms with Crippen molar-refractivity contribution < 1.29 is 41.0 Å². The standard InChI is InChI=1S/C27H19ClF4O6/c1-2-11-35-26(34)15-4-7-18(8-5-15)37-24-23(33)20-10-9-19(13-22(20)38-25(24)27(30,31)32)36-14-16-3-6-17(29)12-21(16)28/h3-10,12-13H,2,11,14H2,1H3. The minimum absolute atomic E-state index is 0.0911. The average molecular weight is 551 g/mol. The lowest BCUT2D eigenvalue weighted by atomic mass is 10.2. The number of rotatable bonds is 8. The Kier molecular flexibility index (Phi) is 7.91. The van der Waals surface area contributed by atoms with Crippen molar-refractivity contribution in [3.05, 3.63) is 98.6 Å². The van der Waals surface area contributed by atoms with Gasteiger partial charge in [-0.3, -0.25) is 4.79 Å². The van der Waals surface area contributed by atoms with Crippen molar-refractivity contribution in [3.63, 3.8) is 0 Å². The van der Waals surface area contributed by atoms with E-state index in [2.05, 4.69) is 0 Å². The summed E-state index contributed by atoms with van der Waals surface area (Å²) in [7, 11) is 0. The van der Waals surface area contributed by atoms with E-state index in [0.29, 0.717) is 12.0 Å². The van der Waals surface area contributed by atoms with Crippen molar-refractivity contribution in [3.8, 4) is 17.2 Å². The van der Waals surface area contributed by atoms with Gasteiger partial charge >= 0.3 is 12.1 Å². The summed E-state index contributed by atoms with van der Waals surface area (Å²) in [5.74, 6) is -3.86. The van der Waals surface area contributed by atoms with Crippen LogP contribution in [0.1, 0.15) is 35.0 Å². The molecule has 4 rings (SSSR count). The molecule has 38 heavy (non-hydrogen) atoms. The Hall–Kier alpha value is -4.05.